The summed E-state index contributed by atoms with van der Waals surface area (Å²) in [6, 6.07) is 20.7. The number of hydrogen-bond acceptors (Lipinski definition) is 4. The molecule has 0 bridgehead atoms. The highest BCUT2D eigenvalue weighted by Crippen LogP contribution is 2.35. The summed E-state index contributed by atoms with van der Waals surface area (Å²) in [5, 5.41) is 0.549. The summed E-state index contributed by atoms with van der Waals surface area (Å²) in [5.41, 5.74) is 2.87. The lowest BCUT2D eigenvalue weighted by Gasteiger charge is -2.32. The van der Waals surface area contributed by atoms with E-state index in [4.69, 9.17) is 21.1 Å². The molecule has 0 unspecified atom stereocenters. The lowest BCUT2D eigenvalue weighted by Crippen LogP contribution is -2.37. The van der Waals surface area contributed by atoms with Gasteiger partial charge >= 0.3 is 5.97 Å². The summed E-state index contributed by atoms with van der Waals surface area (Å²) in [7, 11) is 2.05. The van der Waals surface area contributed by atoms with Crippen LogP contribution in [0.1, 0.15) is 47.8 Å². The van der Waals surface area contributed by atoms with Crippen molar-refractivity contribution in [2.75, 3.05) is 7.05 Å². The fourth-order valence-corrected chi connectivity index (χ4v) is 3.40. The Morgan fingerprint density at radius 2 is 1.59 bits per heavy atom. The fraction of sp³-hybridized carbons (Fsp3) is 0.296. The average molecular weight is 452 g/mol. The van der Waals surface area contributed by atoms with Gasteiger partial charge in [0.1, 0.15) is 23.7 Å². The van der Waals surface area contributed by atoms with Gasteiger partial charge in [-0.3, -0.25) is 4.90 Å². The minimum Gasteiger partial charge on any atom is -0.488 e. The third-order valence-electron chi connectivity index (χ3n) is 5.49. The Labute approximate surface area is 195 Å². The summed E-state index contributed by atoms with van der Waals surface area (Å²) in [4.78, 5) is 15.3. The van der Waals surface area contributed by atoms with Gasteiger partial charge in [0.2, 0.25) is 0 Å². The maximum atomic E-state index is 13.1. The van der Waals surface area contributed by atoms with Crippen molar-refractivity contribution < 1.29 is 14.3 Å². The standard InChI is InChI=1S/C27H30ClNO3/c1-19-24(26(30)32-22-14-10-7-11-15-22)23(31-18-20-12-8-6-9-13-20)16-21(25(19)28)17-29(5)27(2,3)4/h6-16H,17-18H2,1-5H3. The molecule has 0 atom stereocenters. The Kier molecular flexibility index (Phi) is 7.60. The van der Waals surface area contributed by atoms with Crippen molar-refractivity contribution >= 4 is 17.6 Å². The molecular weight excluding hydrogens is 422 g/mol. The van der Waals surface area contributed by atoms with Crippen molar-refractivity contribution in [1.29, 1.82) is 0 Å². The van der Waals surface area contributed by atoms with Crippen LogP contribution < -0.4 is 9.47 Å². The molecule has 3 rings (SSSR count). The van der Waals surface area contributed by atoms with E-state index < -0.39 is 5.97 Å². The number of carbonyl (C=O) groups excluding carboxylic acids is 1. The van der Waals surface area contributed by atoms with E-state index in [1.165, 1.54) is 0 Å². The number of benzene rings is 3. The summed E-state index contributed by atoms with van der Waals surface area (Å²) < 4.78 is 11.8. The number of rotatable bonds is 7. The van der Waals surface area contributed by atoms with Gasteiger partial charge in [-0.2, -0.15) is 0 Å². The predicted octanol–water partition coefficient (Wildman–Crippen LogP) is 6.68. The monoisotopic (exact) mass is 451 g/mol. The van der Waals surface area contributed by atoms with Crippen LogP contribution >= 0.6 is 11.6 Å². The number of esters is 1. The van der Waals surface area contributed by atoms with Gasteiger partial charge in [0.15, 0.2) is 0 Å². The van der Waals surface area contributed by atoms with Crippen LogP contribution in [0.3, 0.4) is 0 Å². The van der Waals surface area contributed by atoms with E-state index in [0.29, 0.717) is 40.8 Å². The first-order valence-corrected chi connectivity index (χ1v) is 11.0. The van der Waals surface area contributed by atoms with Crippen molar-refractivity contribution in [3.8, 4) is 11.5 Å². The number of carbonyl (C=O) groups is 1. The molecule has 0 fully saturated rings. The first kappa shape index (κ1) is 23.8. The molecule has 0 spiro atoms. The topological polar surface area (TPSA) is 38.8 Å². The second-order valence-electron chi connectivity index (χ2n) is 8.85. The molecule has 32 heavy (non-hydrogen) atoms. The first-order chi connectivity index (χ1) is 15.2. The maximum absolute atomic E-state index is 13.1. The second-order valence-corrected chi connectivity index (χ2v) is 9.23. The summed E-state index contributed by atoms with van der Waals surface area (Å²) >= 11 is 6.74. The Balaban J connectivity index is 1.99. The molecule has 0 saturated carbocycles. The van der Waals surface area contributed by atoms with E-state index in [1.807, 2.05) is 68.6 Å². The number of hydrogen-bond donors (Lipinski definition) is 0. The maximum Gasteiger partial charge on any atom is 0.347 e. The summed E-state index contributed by atoms with van der Waals surface area (Å²) in [6.07, 6.45) is 0. The van der Waals surface area contributed by atoms with Gasteiger partial charge in [0.25, 0.3) is 0 Å². The van der Waals surface area contributed by atoms with Gasteiger partial charge in [-0.1, -0.05) is 60.1 Å². The molecular formula is C27H30ClNO3. The highest BCUT2D eigenvalue weighted by atomic mass is 35.5. The van der Waals surface area contributed by atoms with Crippen molar-refractivity contribution in [3.63, 3.8) is 0 Å². The highest BCUT2D eigenvalue weighted by Gasteiger charge is 2.25. The van der Waals surface area contributed by atoms with Crippen LogP contribution in [0.4, 0.5) is 0 Å². The lowest BCUT2D eigenvalue weighted by molar-refractivity contribution is 0.0728. The van der Waals surface area contributed by atoms with E-state index in [9.17, 15) is 4.79 Å². The first-order valence-electron chi connectivity index (χ1n) is 10.6. The molecule has 0 aliphatic heterocycles. The van der Waals surface area contributed by atoms with E-state index >= 15 is 0 Å². The van der Waals surface area contributed by atoms with E-state index in [-0.39, 0.29) is 5.54 Å². The largest absolute Gasteiger partial charge is 0.488 e. The Morgan fingerprint density at radius 1 is 1.00 bits per heavy atom. The van der Waals surface area contributed by atoms with E-state index in [0.717, 1.165) is 11.1 Å². The number of para-hydroxylation sites is 1. The van der Waals surface area contributed by atoms with Crippen LogP contribution in [-0.2, 0) is 13.2 Å². The summed E-state index contributed by atoms with van der Waals surface area (Å²) in [6.45, 7) is 9.23. The molecule has 0 amide bonds. The molecule has 0 aliphatic rings. The van der Waals surface area contributed by atoms with Crippen molar-refractivity contribution in [2.45, 2.75) is 46.4 Å². The number of nitrogens with zero attached hydrogens (tertiary/aromatic N) is 1. The average Bonchev–Trinajstić information content (AvgIpc) is 2.76. The normalized spacial score (nSPS) is 11.5. The van der Waals surface area contributed by atoms with Crippen LogP contribution in [0.25, 0.3) is 0 Å². The minimum atomic E-state index is -0.491. The zero-order valence-corrected chi connectivity index (χ0v) is 20.1. The van der Waals surface area contributed by atoms with E-state index in [2.05, 4.69) is 25.7 Å². The van der Waals surface area contributed by atoms with Crippen LogP contribution in [0.15, 0.2) is 66.7 Å². The highest BCUT2D eigenvalue weighted by molar-refractivity contribution is 6.32. The molecule has 0 aromatic heterocycles. The van der Waals surface area contributed by atoms with Gasteiger partial charge < -0.3 is 9.47 Å². The lowest BCUT2D eigenvalue weighted by atomic mass is 10.0. The van der Waals surface area contributed by atoms with Gasteiger partial charge in [0.05, 0.1) is 0 Å². The fourth-order valence-electron chi connectivity index (χ4n) is 3.19. The predicted molar refractivity (Wildman–Crippen MR) is 130 cm³/mol. The number of halogens is 1. The molecule has 0 heterocycles. The Hall–Kier alpha value is -2.82. The number of ether oxygens (including phenoxy) is 2. The molecule has 0 N–H and O–H groups in total. The van der Waals surface area contributed by atoms with Crippen molar-refractivity contribution in [2.24, 2.45) is 0 Å². The molecule has 0 saturated heterocycles. The molecule has 3 aromatic carbocycles. The summed E-state index contributed by atoms with van der Waals surface area (Å²) in [5.74, 6) is 0.446. The van der Waals surface area contributed by atoms with Crippen LogP contribution in [-0.4, -0.2) is 23.5 Å². The molecule has 5 heteroatoms. The van der Waals surface area contributed by atoms with Crippen LogP contribution in [0.5, 0.6) is 11.5 Å². The van der Waals surface area contributed by atoms with Crippen molar-refractivity contribution in [3.05, 3.63) is 94.0 Å². The van der Waals surface area contributed by atoms with Gasteiger partial charge in [-0.25, -0.2) is 4.79 Å². The van der Waals surface area contributed by atoms with Gasteiger partial charge in [-0.15, -0.1) is 0 Å². The second kappa shape index (κ2) is 10.2. The zero-order valence-electron chi connectivity index (χ0n) is 19.3. The van der Waals surface area contributed by atoms with Crippen LogP contribution in [0, 0.1) is 6.92 Å². The molecule has 168 valence electrons. The minimum absolute atomic E-state index is 0.0345. The third kappa shape index (κ3) is 5.90. The van der Waals surface area contributed by atoms with Crippen molar-refractivity contribution in [1.82, 2.24) is 4.90 Å². The molecule has 0 aliphatic carbocycles. The third-order valence-corrected chi connectivity index (χ3v) is 6.01. The molecule has 3 aromatic rings. The van der Waals surface area contributed by atoms with Gasteiger partial charge in [0, 0.05) is 17.1 Å². The SMILES string of the molecule is Cc1c(Cl)c(CN(C)C(C)(C)C)cc(OCc2ccccc2)c1C(=O)Oc1ccccc1. The van der Waals surface area contributed by atoms with Crippen LogP contribution in [0.2, 0.25) is 5.02 Å². The quantitative estimate of drug-likeness (QED) is 0.297. The van der Waals surface area contributed by atoms with Gasteiger partial charge in [-0.05, 0) is 69.6 Å². The Morgan fingerprint density at radius 3 is 2.19 bits per heavy atom. The van der Waals surface area contributed by atoms with E-state index in [1.54, 1.807) is 12.1 Å². The zero-order chi connectivity index (χ0) is 23.3. The Bertz CT molecular complexity index is 1060. The smallest absolute Gasteiger partial charge is 0.347 e. The molecule has 0 radical (unpaired) electrons. The molecule has 4 nitrogen and oxygen atoms in total.